The third-order valence-electron chi connectivity index (χ3n) is 3.70. The highest BCUT2D eigenvalue weighted by molar-refractivity contribution is 7.80. The third kappa shape index (κ3) is 4.27. The lowest BCUT2D eigenvalue weighted by Gasteiger charge is -2.40. The van der Waals surface area contributed by atoms with Gasteiger partial charge in [0.15, 0.2) is 0 Å². The molecule has 96 valence electrons. The van der Waals surface area contributed by atoms with E-state index < -0.39 is 0 Å². The Morgan fingerprint density at radius 1 is 1.50 bits per heavy atom. The summed E-state index contributed by atoms with van der Waals surface area (Å²) >= 11 is 4.46. The zero-order chi connectivity index (χ0) is 12.0. The standard InChI is InChI=1S/C13H27NOS/c1-4-6-12(10-16)9-14-8-5-7-13(2,11-14)15-3/h12,16H,4-11H2,1-3H3. The van der Waals surface area contributed by atoms with Crippen LogP contribution in [0.4, 0.5) is 0 Å². The van der Waals surface area contributed by atoms with Gasteiger partial charge in [0.25, 0.3) is 0 Å². The molecule has 0 saturated carbocycles. The maximum atomic E-state index is 5.62. The van der Waals surface area contributed by atoms with E-state index in [-0.39, 0.29) is 5.60 Å². The van der Waals surface area contributed by atoms with Crippen LogP contribution in [0, 0.1) is 5.92 Å². The lowest BCUT2D eigenvalue weighted by molar-refractivity contribution is -0.0532. The molecule has 0 aromatic heterocycles. The molecule has 3 heteroatoms. The van der Waals surface area contributed by atoms with Gasteiger partial charge in [-0.2, -0.15) is 12.6 Å². The minimum atomic E-state index is 0.0750. The molecule has 16 heavy (non-hydrogen) atoms. The summed E-state index contributed by atoms with van der Waals surface area (Å²) in [6.45, 7) is 7.99. The van der Waals surface area contributed by atoms with Gasteiger partial charge in [0.05, 0.1) is 5.60 Å². The first-order valence-electron chi connectivity index (χ1n) is 6.52. The van der Waals surface area contributed by atoms with Crippen molar-refractivity contribution in [3.05, 3.63) is 0 Å². The topological polar surface area (TPSA) is 12.5 Å². The smallest absolute Gasteiger partial charge is 0.0777 e. The number of methoxy groups -OCH3 is 1. The molecule has 0 radical (unpaired) electrons. The van der Waals surface area contributed by atoms with Crippen molar-refractivity contribution in [1.82, 2.24) is 4.90 Å². The third-order valence-corrected chi connectivity index (χ3v) is 4.22. The van der Waals surface area contributed by atoms with Crippen molar-refractivity contribution < 1.29 is 4.74 Å². The summed E-state index contributed by atoms with van der Waals surface area (Å²) in [6.07, 6.45) is 5.01. The van der Waals surface area contributed by atoms with E-state index in [0.717, 1.165) is 18.2 Å². The maximum Gasteiger partial charge on any atom is 0.0777 e. The molecule has 0 aromatic rings. The van der Waals surface area contributed by atoms with Gasteiger partial charge in [-0.3, -0.25) is 0 Å². The van der Waals surface area contributed by atoms with Crippen LogP contribution >= 0.6 is 12.6 Å². The second kappa shape index (κ2) is 6.87. The Bertz CT molecular complexity index is 200. The van der Waals surface area contributed by atoms with Crippen molar-refractivity contribution in [2.75, 3.05) is 32.5 Å². The molecule has 0 N–H and O–H groups in total. The number of nitrogens with zero attached hydrogens (tertiary/aromatic N) is 1. The Morgan fingerprint density at radius 2 is 2.25 bits per heavy atom. The molecule has 1 aliphatic heterocycles. The van der Waals surface area contributed by atoms with E-state index in [1.165, 1.54) is 38.8 Å². The van der Waals surface area contributed by atoms with Crippen LogP contribution in [-0.2, 0) is 4.74 Å². The van der Waals surface area contributed by atoms with Gasteiger partial charge in [0.1, 0.15) is 0 Å². The Balaban J connectivity index is 2.41. The highest BCUT2D eigenvalue weighted by Crippen LogP contribution is 2.25. The summed E-state index contributed by atoms with van der Waals surface area (Å²) < 4.78 is 5.62. The Morgan fingerprint density at radius 3 is 2.81 bits per heavy atom. The van der Waals surface area contributed by atoms with Gasteiger partial charge in [-0.05, 0) is 44.4 Å². The van der Waals surface area contributed by atoms with Crippen molar-refractivity contribution in [3.63, 3.8) is 0 Å². The second-order valence-corrected chi connectivity index (χ2v) is 5.70. The lowest BCUT2D eigenvalue weighted by atomic mass is 9.93. The number of likely N-dealkylation sites (tertiary alicyclic amines) is 1. The van der Waals surface area contributed by atoms with Gasteiger partial charge < -0.3 is 9.64 Å². The van der Waals surface area contributed by atoms with E-state index in [1.54, 1.807) is 0 Å². The van der Waals surface area contributed by atoms with E-state index in [2.05, 4.69) is 31.4 Å². The van der Waals surface area contributed by atoms with Crippen LogP contribution in [0.15, 0.2) is 0 Å². The average Bonchev–Trinajstić information content (AvgIpc) is 2.29. The van der Waals surface area contributed by atoms with Crippen LogP contribution in [0.25, 0.3) is 0 Å². The van der Waals surface area contributed by atoms with E-state index in [0.29, 0.717) is 0 Å². The predicted molar refractivity (Wildman–Crippen MR) is 73.3 cm³/mol. The summed E-state index contributed by atoms with van der Waals surface area (Å²) in [5.74, 6) is 1.75. The van der Waals surface area contributed by atoms with Gasteiger partial charge in [-0.15, -0.1) is 0 Å². The van der Waals surface area contributed by atoms with Gasteiger partial charge in [0.2, 0.25) is 0 Å². The molecule has 1 fully saturated rings. The Hall–Kier alpha value is 0.270. The number of thiol groups is 1. The summed E-state index contributed by atoms with van der Waals surface area (Å²) in [7, 11) is 1.84. The molecule has 1 aliphatic rings. The van der Waals surface area contributed by atoms with Crippen molar-refractivity contribution in [1.29, 1.82) is 0 Å². The normalized spacial score (nSPS) is 29.2. The first kappa shape index (κ1) is 14.3. The molecule has 1 rings (SSSR count). The van der Waals surface area contributed by atoms with Crippen molar-refractivity contribution in [3.8, 4) is 0 Å². The van der Waals surface area contributed by atoms with Crippen molar-refractivity contribution in [2.45, 2.75) is 45.1 Å². The minimum absolute atomic E-state index is 0.0750. The Kier molecular flexibility index (Phi) is 6.16. The summed E-state index contributed by atoms with van der Waals surface area (Å²) in [6, 6.07) is 0. The van der Waals surface area contributed by atoms with E-state index in [9.17, 15) is 0 Å². The summed E-state index contributed by atoms with van der Waals surface area (Å²) in [5.41, 5.74) is 0.0750. The first-order chi connectivity index (χ1) is 7.63. The van der Waals surface area contributed by atoms with Gasteiger partial charge in [0, 0.05) is 20.2 Å². The van der Waals surface area contributed by atoms with Gasteiger partial charge in [-0.25, -0.2) is 0 Å². The minimum Gasteiger partial charge on any atom is -0.377 e. The SMILES string of the molecule is CCCC(CS)CN1CCCC(C)(OC)C1. The highest BCUT2D eigenvalue weighted by Gasteiger charge is 2.31. The average molecular weight is 245 g/mol. The van der Waals surface area contributed by atoms with Crippen LogP contribution in [0.2, 0.25) is 0 Å². The molecule has 1 heterocycles. The van der Waals surface area contributed by atoms with Crippen molar-refractivity contribution >= 4 is 12.6 Å². The molecule has 0 bridgehead atoms. The number of rotatable bonds is 6. The maximum absolute atomic E-state index is 5.62. The van der Waals surface area contributed by atoms with Crippen LogP contribution in [0.5, 0.6) is 0 Å². The lowest BCUT2D eigenvalue weighted by Crippen LogP contribution is -2.48. The quantitative estimate of drug-likeness (QED) is 0.723. The van der Waals surface area contributed by atoms with Gasteiger partial charge >= 0.3 is 0 Å². The van der Waals surface area contributed by atoms with Crippen molar-refractivity contribution in [2.24, 2.45) is 5.92 Å². The monoisotopic (exact) mass is 245 g/mol. The predicted octanol–water partition coefficient (Wildman–Crippen LogP) is 2.83. The fraction of sp³-hybridized carbons (Fsp3) is 1.00. The highest BCUT2D eigenvalue weighted by atomic mass is 32.1. The summed E-state index contributed by atoms with van der Waals surface area (Å²) in [4.78, 5) is 2.56. The number of ether oxygens (including phenoxy) is 1. The first-order valence-corrected chi connectivity index (χ1v) is 7.15. The Labute approximate surface area is 106 Å². The van der Waals surface area contributed by atoms with E-state index in [4.69, 9.17) is 4.74 Å². The molecular formula is C13H27NOS. The van der Waals surface area contributed by atoms with E-state index in [1.807, 2.05) is 7.11 Å². The van der Waals surface area contributed by atoms with Crippen LogP contribution in [-0.4, -0.2) is 43.0 Å². The van der Waals surface area contributed by atoms with Crippen LogP contribution in [0.1, 0.15) is 39.5 Å². The molecule has 2 atom stereocenters. The molecule has 0 amide bonds. The molecular weight excluding hydrogens is 218 g/mol. The number of piperidine rings is 1. The molecule has 0 spiro atoms. The fourth-order valence-corrected chi connectivity index (χ4v) is 2.94. The molecule has 0 aromatic carbocycles. The number of hydrogen-bond acceptors (Lipinski definition) is 3. The van der Waals surface area contributed by atoms with Crippen LogP contribution in [0.3, 0.4) is 0 Å². The van der Waals surface area contributed by atoms with E-state index >= 15 is 0 Å². The zero-order valence-electron chi connectivity index (χ0n) is 11.0. The fourth-order valence-electron chi connectivity index (χ4n) is 2.64. The molecule has 2 unspecified atom stereocenters. The summed E-state index contributed by atoms with van der Waals surface area (Å²) in [5, 5.41) is 0. The van der Waals surface area contributed by atoms with Gasteiger partial charge in [-0.1, -0.05) is 13.3 Å². The molecule has 0 aliphatic carbocycles. The number of hydrogen-bond donors (Lipinski definition) is 1. The second-order valence-electron chi connectivity index (χ2n) is 5.33. The molecule has 2 nitrogen and oxygen atoms in total. The zero-order valence-corrected chi connectivity index (χ0v) is 11.9. The van der Waals surface area contributed by atoms with Crippen LogP contribution < -0.4 is 0 Å². The largest absolute Gasteiger partial charge is 0.377 e. The molecule has 1 saturated heterocycles.